The first-order valence-electron chi connectivity index (χ1n) is 13.3. The first-order chi connectivity index (χ1) is 18.4. The van der Waals surface area contributed by atoms with E-state index in [4.69, 9.17) is 0 Å². The summed E-state index contributed by atoms with van der Waals surface area (Å²) in [6.45, 7) is 6.73. The van der Waals surface area contributed by atoms with Crippen LogP contribution in [0.5, 0.6) is 0 Å². The molecule has 0 saturated carbocycles. The Morgan fingerprint density at radius 3 is 1.58 bits per heavy atom. The first-order valence-corrected chi connectivity index (χ1v) is 13.3. The Morgan fingerprint density at radius 2 is 1.11 bits per heavy atom. The van der Waals surface area contributed by atoms with E-state index >= 15 is 0 Å². The number of nitrogens with zero attached hydrogens (tertiary/aromatic N) is 1. The Bertz CT molecular complexity index is 1340. The van der Waals surface area contributed by atoms with Crippen molar-refractivity contribution in [1.82, 2.24) is 10.2 Å². The maximum atomic E-state index is 13.3. The number of carbonyl (C=O) groups is 2. The Labute approximate surface area is 225 Å². The number of carbonyl (C=O) groups excluding carboxylic acids is 2. The molecule has 0 aromatic heterocycles. The molecule has 0 unspecified atom stereocenters. The molecule has 1 atom stereocenters. The third kappa shape index (κ3) is 4.80. The molecule has 0 spiro atoms. The second kappa shape index (κ2) is 10.8. The van der Waals surface area contributed by atoms with Gasteiger partial charge in [0.15, 0.2) is 0 Å². The van der Waals surface area contributed by atoms with E-state index in [0.717, 1.165) is 23.1 Å². The van der Waals surface area contributed by atoms with Crippen LogP contribution in [0, 0.1) is 12.8 Å². The maximum absolute atomic E-state index is 13.3. The molecule has 192 valence electrons. The molecular weight excluding hydrogens is 468 g/mol. The number of imide groups is 1. The quantitative estimate of drug-likeness (QED) is 0.208. The van der Waals surface area contributed by atoms with Crippen molar-refractivity contribution in [2.24, 2.45) is 5.92 Å². The molecule has 0 bridgehead atoms. The summed E-state index contributed by atoms with van der Waals surface area (Å²) in [5.41, 5.74) is 4.78. The Hall–Kier alpha value is -4.02. The largest absolute Gasteiger partial charge is 0.295 e. The summed E-state index contributed by atoms with van der Waals surface area (Å²) in [7, 11) is 0. The second-order valence-corrected chi connectivity index (χ2v) is 10.6. The average Bonchev–Trinajstić information content (AvgIpc) is 3.17. The standard InChI is InChI=1S/C34H34N2O2/c1-24(2)22-29(23-36-32(37)30-16-10-11-17-31(30)33(36)38)35-34(26-12-6-4-7-13-26,27-14-8-5-9-15-27)28-20-18-25(3)19-21-28/h4-21,24,29,35H,22-23H2,1-3H3/t29-/m0/s1. The Morgan fingerprint density at radius 1 is 0.658 bits per heavy atom. The predicted molar refractivity (Wildman–Crippen MR) is 152 cm³/mol. The number of nitrogens with one attached hydrogen (secondary N) is 1. The molecule has 38 heavy (non-hydrogen) atoms. The minimum Gasteiger partial charge on any atom is -0.295 e. The van der Waals surface area contributed by atoms with Gasteiger partial charge in [-0.05, 0) is 48.1 Å². The molecular formula is C34H34N2O2. The second-order valence-electron chi connectivity index (χ2n) is 10.6. The van der Waals surface area contributed by atoms with E-state index in [9.17, 15) is 9.59 Å². The number of amides is 2. The van der Waals surface area contributed by atoms with Crippen LogP contribution in [0.2, 0.25) is 0 Å². The lowest BCUT2D eigenvalue weighted by Gasteiger charge is -2.41. The number of aryl methyl sites for hydroxylation is 1. The third-order valence-electron chi connectivity index (χ3n) is 7.36. The van der Waals surface area contributed by atoms with Crippen LogP contribution in [0.3, 0.4) is 0 Å². The topological polar surface area (TPSA) is 49.4 Å². The first kappa shape index (κ1) is 25.6. The monoisotopic (exact) mass is 502 g/mol. The molecule has 0 fully saturated rings. The van der Waals surface area contributed by atoms with Gasteiger partial charge in [-0.25, -0.2) is 0 Å². The van der Waals surface area contributed by atoms with Crippen molar-refractivity contribution < 1.29 is 9.59 Å². The van der Waals surface area contributed by atoms with Gasteiger partial charge in [-0.2, -0.15) is 0 Å². The van der Waals surface area contributed by atoms with Crippen molar-refractivity contribution in [3.63, 3.8) is 0 Å². The molecule has 0 aliphatic carbocycles. The minimum atomic E-state index is -0.686. The van der Waals surface area contributed by atoms with Crippen LogP contribution in [0.1, 0.15) is 63.2 Å². The van der Waals surface area contributed by atoms with Gasteiger partial charge in [-0.3, -0.25) is 19.8 Å². The summed E-state index contributed by atoms with van der Waals surface area (Å²) in [6.07, 6.45) is 0.792. The molecule has 5 rings (SSSR count). The fourth-order valence-corrected chi connectivity index (χ4v) is 5.61. The zero-order valence-corrected chi connectivity index (χ0v) is 22.2. The SMILES string of the molecule is Cc1ccc(C(N[C@@H](CC(C)C)CN2C(=O)c3ccccc3C2=O)(c2ccccc2)c2ccccc2)cc1. The molecule has 1 aliphatic heterocycles. The van der Waals surface area contributed by atoms with Crippen molar-refractivity contribution >= 4 is 11.8 Å². The van der Waals surface area contributed by atoms with Crippen LogP contribution >= 0.6 is 0 Å². The molecule has 1 aliphatic rings. The highest BCUT2D eigenvalue weighted by atomic mass is 16.2. The molecule has 0 radical (unpaired) electrons. The van der Waals surface area contributed by atoms with Crippen LogP contribution in [0.25, 0.3) is 0 Å². The van der Waals surface area contributed by atoms with Gasteiger partial charge < -0.3 is 0 Å². The minimum absolute atomic E-state index is 0.154. The van der Waals surface area contributed by atoms with Gasteiger partial charge in [-0.15, -0.1) is 0 Å². The van der Waals surface area contributed by atoms with Crippen LogP contribution < -0.4 is 5.32 Å². The number of fused-ring (bicyclic) bond motifs is 1. The van der Waals surface area contributed by atoms with Crippen LogP contribution in [0.4, 0.5) is 0 Å². The highest BCUT2D eigenvalue weighted by Crippen LogP contribution is 2.38. The summed E-state index contributed by atoms with van der Waals surface area (Å²) in [4.78, 5) is 28.1. The molecule has 4 aromatic rings. The molecule has 4 heteroatoms. The summed E-state index contributed by atoms with van der Waals surface area (Å²) in [5, 5.41) is 4.02. The van der Waals surface area contributed by atoms with Crippen LogP contribution in [0.15, 0.2) is 109 Å². The molecule has 2 amide bonds. The normalized spacial score (nSPS) is 14.2. The summed E-state index contributed by atoms with van der Waals surface area (Å²) in [5.74, 6) is -0.0898. The lowest BCUT2D eigenvalue weighted by molar-refractivity contribution is 0.0628. The van der Waals surface area contributed by atoms with E-state index in [2.05, 4.69) is 98.9 Å². The Kier molecular flexibility index (Phi) is 7.26. The number of hydrogen-bond donors (Lipinski definition) is 1. The highest BCUT2D eigenvalue weighted by Gasteiger charge is 2.41. The maximum Gasteiger partial charge on any atom is 0.261 e. The molecule has 1 N–H and O–H groups in total. The molecule has 4 nitrogen and oxygen atoms in total. The fourth-order valence-electron chi connectivity index (χ4n) is 5.61. The van der Waals surface area contributed by atoms with Crippen molar-refractivity contribution in [2.75, 3.05) is 6.54 Å². The predicted octanol–water partition coefficient (Wildman–Crippen LogP) is 6.59. The van der Waals surface area contributed by atoms with E-state index in [1.807, 2.05) is 24.3 Å². The van der Waals surface area contributed by atoms with Gasteiger partial charge in [0.2, 0.25) is 0 Å². The van der Waals surface area contributed by atoms with Gasteiger partial charge in [0.1, 0.15) is 0 Å². The lowest BCUT2D eigenvalue weighted by Crippen LogP contribution is -2.54. The van der Waals surface area contributed by atoms with Crippen molar-refractivity contribution in [3.05, 3.63) is 143 Å². The van der Waals surface area contributed by atoms with Crippen molar-refractivity contribution in [3.8, 4) is 0 Å². The summed E-state index contributed by atoms with van der Waals surface area (Å²) in [6, 6.07) is 36.5. The van der Waals surface area contributed by atoms with E-state index in [1.165, 1.54) is 10.5 Å². The fraction of sp³-hybridized carbons (Fsp3) is 0.235. The third-order valence-corrected chi connectivity index (χ3v) is 7.36. The zero-order valence-electron chi connectivity index (χ0n) is 22.2. The highest BCUT2D eigenvalue weighted by molar-refractivity contribution is 6.21. The molecule has 1 heterocycles. The van der Waals surface area contributed by atoms with Crippen LogP contribution in [-0.2, 0) is 5.54 Å². The summed E-state index contributed by atoms with van der Waals surface area (Å²) >= 11 is 0. The van der Waals surface area contributed by atoms with Crippen molar-refractivity contribution in [2.45, 2.75) is 38.8 Å². The Balaban J connectivity index is 1.63. The van der Waals surface area contributed by atoms with E-state index in [-0.39, 0.29) is 24.4 Å². The molecule has 0 saturated heterocycles. The molecule has 4 aromatic carbocycles. The van der Waals surface area contributed by atoms with Gasteiger partial charge in [0, 0.05) is 12.6 Å². The van der Waals surface area contributed by atoms with Crippen LogP contribution in [-0.4, -0.2) is 29.3 Å². The number of rotatable bonds is 9. The van der Waals surface area contributed by atoms with Gasteiger partial charge >= 0.3 is 0 Å². The number of benzene rings is 4. The average molecular weight is 503 g/mol. The van der Waals surface area contributed by atoms with E-state index < -0.39 is 5.54 Å². The lowest BCUT2D eigenvalue weighted by atomic mass is 9.76. The zero-order chi connectivity index (χ0) is 26.7. The van der Waals surface area contributed by atoms with Gasteiger partial charge in [0.25, 0.3) is 11.8 Å². The number of hydrogen-bond acceptors (Lipinski definition) is 3. The summed E-state index contributed by atoms with van der Waals surface area (Å²) < 4.78 is 0. The van der Waals surface area contributed by atoms with Crippen molar-refractivity contribution in [1.29, 1.82) is 0 Å². The smallest absolute Gasteiger partial charge is 0.261 e. The van der Waals surface area contributed by atoms with E-state index in [1.54, 1.807) is 12.1 Å². The van der Waals surface area contributed by atoms with Gasteiger partial charge in [0.05, 0.1) is 16.7 Å². The van der Waals surface area contributed by atoms with E-state index in [0.29, 0.717) is 17.0 Å². The van der Waals surface area contributed by atoms with Gasteiger partial charge in [-0.1, -0.05) is 116 Å².